The van der Waals surface area contributed by atoms with E-state index in [-0.39, 0.29) is 23.9 Å². The molecule has 0 radical (unpaired) electrons. The van der Waals surface area contributed by atoms with Crippen LogP contribution in [0.3, 0.4) is 0 Å². The zero-order valence-corrected chi connectivity index (χ0v) is 13.1. The lowest BCUT2D eigenvalue weighted by atomic mass is 10.3. The SMILES string of the molecule is CCN(CC(=O)NC)S(=O)(=O)c1cc(N)ccc1Br. The molecule has 106 valence electrons. The van der Waals surface area contributed by atoms with Crippen molar-refractivity contribution in [3.8, 4) is 0 Å². The average Bonchev–Trinajstić information content (AvgIpc) is 2.37. The maximum absolute atomic E-state index is 12.4. The minimum absolute atomic E-state index is 0.0539. The number of nitrogens with two attached hydrogens (primary N) is 1. The molecule has 1 aromatic rings. The molecule has 0 aliphatic heterocycles. The van der Waals surface area contributed by atoms with Crippen LogP contribution in [0.4, 0.5) is 5.69 Å². The topological polar surface area (TPSA) is 92.5 Å². The van der Waals surface area contributed by atoms with Crippen LogP contribution in [-0.4, -0.2) is 38.8 Å². The van der Waals surface area contributed by atoms with Gasteiger partial charge < -0.3 is 11.1 Å². The molecular formula is C11H16BrN3O3S. The standard InChI is InChI=1S/C11H16BrN3O3S/c1-3-15(7-11(16)14-2)19(17,18)10-6-8(13)4-5-9(10)12/h4-6H,3,7,13H2,1-2H3,(H,14,16). The number of benzene rings is 1. The summed E-state index contributed by atoms with van der Waals surface area (Å²) < 4.78 is 26.4. The molecule has 6 nitrogen and oxygen atoms in total. The highest BCUT2D eigenvalue weighted by molar-refractivity contribution is 9.10. The number of anilines is 1. The van der Waals surface area contributed by atoms with Crippen molar-refractivity contribution >= 4 is 37.5 Å². The first kappa shape index (κ1) is 15.9. The lowest BCUT2D eigenvalue weighted by Crippen LogP contribution is -2.39. The Morgan fingerprint density at radius 3 is 2.63 bits per heavy atom. The molecule has 0 aromatic heterocycles. The first-order valence-electron chi connectivity index (χ1n) is 5.58. The van der Waals surface area contributed by atoms with Gasteiger partial charge in [-0.3, -0.25) is 4.79 Å². The number of hydrogen-bond donors (Lipinski definition) is 2. The number of rotatable bonds is 5. The molecule has 3 N–H and O–H groups in total. The summed E-state index contributed by atoms with van der Waals surface area (Å²) in [6.07, 6.45) is 0. The van der Waals surface area contributed by atoms with Gasteiger partial charge >= 0.3 is 0 Å². The highest BCUT2D eigenvalue weighted by Gasteiger charge is 2.27. The van der Waals surface area contributed by atoms with Crippen molar-refractivity contribution in [3.05, 3.63) is 22.7 Å². The number of halogens is 1. The monoisotopic (exact) mass is 349 g/mol. The first-order chi connectivity index (χ1) is 8.82. The third-order valence-electron chi connectivity index (χ3n) is 2.52. The lowest BCUT2D eigenvalue weighted by Gasteiger charge is -2.20. The van der Waals surface area contributed by atoms with Crippen LogP contribution in [0.1, 0.15) is 6.92 Å². The molecule has 1 rings (SSSR count). The number of nitrogen functional groups attached to an aromatic ring is 1. The van der Waals surface area contributed by atoms with Crippen molar-refractivity contribution in [1.29, 1.82) is 0 Å². The van der Waals surface area contributed by atoms with Crippen LogP contribution in [0.5, 0.6) is 0 Å². The van der Waals surface area contributed by atoms with Crippen LogP contribution in [-0.2, 0) is 14.8 Å². The Kier molecular flexibility index (Phi) is 5.33. The molecule has 1 aromatic carbocycles. The third-order valence-corrected chi connectivity index (χ3v) is 5.44. The summed E-state index contributed by atoms with van der Waals surface area (Å²) >= 11 is 3.19. The second-order valence-electron chi connectivity index (χ2n) is 3.79. The van der Waals surface area contributed by atoms with Crippen molar-refractivity contribution in [2.24, 2.45) is 0 Å². The molecule has 0 bridgehead atoms. The summed E-state index contributed by atoms with van der Waals surface area (Å²) in [6, 6.07) is 4.53. The van der Waals surface area contributed by atoms with Crippen molar-refractivity contribution in [3.63, 3.8) is 0 Å². The molecule has 0 unspecified atom stereocenters. The zero-order valence-electron chi connectivity index (χ0n) is 10.7. The van der Waals surface area contributed by atoms with Gasteiger partial charge in [0, 0.05) is 23.8 Å². The highest BCUT2D eigenvalue weighted by atomic mass is 79.9. The quantitative estimate of drug-likeness (QED) is 0.768. The summed E-state index contributed by atoms with van der Waals surface area (Å²) in [5, 5.41) is 2.40. The van der Waals surface area contributed by atoms with Gasteiger partial charge in [-0.1, -0.05) is 6.92 Å². The fourth-order valence-electron chi connectivity index (χ4n) is 1.46. The normalized spacial score (nSPS) is 11.6. The fourth-order valence-corrected chi connectivity index (χ4v) is 3.83. The minimum atomic E-state index is -3.76. The van der Waals surface area contributed by atoms with Gasteiger partial charge in [0.15, 0.2) is 0 Å². The van der Waals surface area contributed by atoms with Gasteiger partial charge in [0.05, 0.1) is 11.4 Å². The van der Waals surface area contributed by atoms with Crippen molar-refractivity contribution in [2.75, 3.05) is 25.9 Å². The van der Waals surface area contributed by atoms with Crippen molar-refractivity contribution in [1.82, 2.24) is 9.62 Å². The molecule has 1 amide bonds. The van der Waals surface area contributed by atoms with E-state index >= 15 is 0 Å². The molecule has 0 atom stereocenters. The summed E-state index contributed by atoms with van der Waals surface area (Å²) in [5.74, 6) is -0.370. The summed E-state index contributed by atoms with van der Waals surface area (Å²) in [6.45, 7) is 1.63. The van der Waals surface area contributed by atoms with Crippen LogP contribution in [0, 0.1) is 0 Å². The largest absolute Gasteiger partial charge is 0.399 e. The molecular weight excluding hydrogens is 334 g/mol. The number of carbonyl (C=O) groups excluding carboxylic acids is 1. The fraction of sp³-hybridized carbons (Fsp3) is 0.364. The molecule has 0 saturated heterocycles. The molecule has 0 aliphatic carbocycles. The van der Waals surface area contributed by atoms with E-state index in [0.717, 1.165) is 4.31 Å². The number of carbonyl (C=O) groups is 1. The molecule has 19 heavy (non-hydrogen) atoms. The van der Waals surface area contributed by atoms with Crippen molar-refractivity contribution in [2.45, 2.75) is 11.8 Å². The highest BCUT2D eigenvalue weighted by Crippen LogP contribution is 2.26. The Balaban J connectivity index is 3.20. The summed E-state index contributed by atoms with van der Waals surface area (Å²) in [7, 11) is -2.31. The molecule has 0 spiro atoms. The van der Waals surface area contributed by atoms with Crippen LogP contribution in [0.2, 0.25) is 0 Å². The first-order valence-corrected chi connectivity index (χ1v) is 7.82. The number of nitrogens with one attached hydrogen (secondary N) is 1. The Hall–Kier alpha value is -1.12. The van der Waals surface area contributed by atoms with Crippen LogP contribution < -0.4 is 11.1 Å². The number of likely N-dealkylation sites (N-methyl/N-ethyl adjacent to an activating group) is 2. The van der Waals surface area contributed by atoms with E-state index in [1.54, 1.807) is 19.1 Å². The number of sulfonamides is 1. The number of amides is 1. The predicted octanol–water partition coefficient (Wildman–Crippen LogP) is 0.788. The predicted molar refractivity (Wildman–Crippen MR) is 77.1 cm³/mol. The van der Waals surface area contributed by atoms with E-state index in [9.17, 15) is 13.2 Å². The Bertz CT molecular complexity index is 575. The van der Waals surface area contributed by atoms with E-state index in [2.05, 4.69) is 21.2 Å². The second-order valence-corrected chi connectivity index (χ2v) is 6.55. The number of nitrogens with zero attached hydrogens (tertiary/aromatic N) is 1. The zero-order chi connectivity index (χ0) is 14.6. The lowest BCUT2D eigenvalue weighted by molar-refractivity contribution is -0.120. The van der Waals surface area contributed by atoms with Gasteiger partial charge in [-0.2, -0.15) is 4.31 Å². The molecule has 0 heterocycles. The van der Waals surface area contributed by atoms with Gasteiger partial charge in [0.25, 0.3) is 0 Å². The molecule has 0 fully saturated rings. The van der Waals surface area contributed by atoms with E-state index in [1.165, 1.54) is 13.1 Å². The van der Waals surface area contributed by atoms with Crippen LogP contribution in [0.25, 0.3) is 0 Å². The third kappa shape index (κ3) is 3.68. The average molecular weight is 350 g/mol. The van der Waals surface area contributed by atoms with Gasteiger partial charge in [-0.05, 0) is 34.1 Å². The minimum Gasteiger partial charge on any atom is -0.399 e. The van der Waals surface area contributed by atoms with Crippen LogP contribution in [0.15, 0.2) is 27.6 Å². The van der Waals surface area contributed by atoms with Gasteiger partial charge in [0.2, 0.25) is 15.9 Å². The van der Waals surface area contributed by atoms with E-state index in [4.69, 9.17) is 5.73 Å². The van der Waals surface area contributed by atoms with Gasteiger partial charge in [0.1, 0.15) is 0 Å². The second kappa shape index (κ2) is 6.36. The Morgan fingerprint density at radius 2 is 2.11 bits per heavy atom. The summed E-state index contributed by atoms with van der Waals surface area (Å²) in [5.41, 5.74) is 5.96. The van der Waals surface area contributed by atoms with E-state index in [0.29, 0.717) is 10.2 Å². The van der Waals surface area contributed by atoms with E-state index in [1.807, 2.05) is 0 Å². The Labute approximate surface area is 121 Å². The van der Waals surface area contributed by atoms with Crippen molar-refractivity contribution < 1.29 is 13.2 Å². The van der Waals surface area contributed by atoms with Gasteiger partial charge in [-0.25, -0.2) is 8.42 Å². The molecule has 0 saturated carbocycles. The summed E-state index contributed by atoms with van der Waals surface area (Å²) in [4.78, 5) is 11.4. The van der Waals surface area contributed by atoms with E-state index < -0.39 is 10.0 Å². The smallest absolute Gasteiger partial charge is 0.244 e. The van der Waals surface area contributed by atoms with Crippen LogP contribution >= 0.6 is 15.9 Å². The molecule has 0 aliphatic rings. The maximum Gasteiger partial charge on any atom is 0.244 e. The maximum atomic E-state index is 12.4. The Morgan fingerprint density at radius 1 is 1.47 bits per heavy atom. The van der Waals surface area contributed by atoms with Gasteiger partial charge in [-0.15, -0.1) is 0 Å². The number of hydrogen-bond acceptors (Lipinski definition) is 4. The molecule has 8 heteroatoms.